The first kappa shape index (κ1) is 12.2. The maximum Gasteiger partial charge on any atom is 0.305 e. The molecule has 86 valence electrons. The molecule has 1 atom stereocenters. The van der Waals surface area contributed by atoms with Gasteiger partial charge in [0.15, 0.2) is 0 Å². The van der Waals surface area contributed by atoms with E-state index in [1.54, 1.807) is 0 Å². The van der Waals surface area contributed by atoms with Crippen LogP contribution in [-0.2, 0) is 9.59 Å². The van der Waals surface area contributed by atoms with Gasteiger partial charge in [-0.25, -0.2) is 0 Å². The maximum atomic E-state index is 10.7. The van der Waals surface area contributed by atoms with Crippen molar-refractivity contribution in [3.05, 3.63) is 34.9 Å². The molecule has 0 aromatic heterocycles. The summed E-state index contributed by atoms with van der Waals surface area (Å²) in [7, 11) is 0. The average Bonchev–Trinajstić information content (AvgIpc) is 2.14. The fourth-order valence-electron chi connectivity index (χ4n) is 1.74. The number of carbonyl (C=O) groups excluding carboxylic acids is 1. The van der Waals surface area contributed by atoms with Crippen molar-refractivity contribution in [3.63, 3.8) is 0 Å². The Hall–Kier alpha value is -1.84. The molecule has 0 saturated carbocycles. The third kappa shape index (κ3) is 3.38. The minimum atomic E-state index is -0.932. The van der Waals surface area contributed by atoms with Crippen LogP contribution in [0.15, 0.2) is 18.2 Å². The molecule has 2 N–H and O–H groups in total. The Bertz CT molecular complexity index is 381. The van der Waals surface area contributed by atoms with Gasteiger partial charge in [-0.05, 0) is 19.4 Å². The van der Waals surface area contributed by atoms with Gasteiger partial charge in [0.1, 0.15) is 0 Å². The molecule has 0 heterocycles. The van der Waals surface area contributed by atoms with Crippen molar-refractivity contribution < 1.29 is 14.7 Å². The Balaban J connectivity index is 2.99. The molecule has 0 aliphatic heterocycles. The van der Waals surface area contributed by atoms with Crippen LogP contribution < -0.4 is 5.32 Å². The molecule has 0 aliphatic rings. The number of carbonyl (C=O) groups is 2. The van der Waals surface area contributed by atoms with Crippen molar-refractivity contribution in [2.45, 2.75) is 26.3 Å². The van der Waals surface area contributed by atoms with Gasteiger partial charge in [-0.3, -0.25) is 9.59 Å². The lowest BCUT2D eigenvalue weighted by Crippen LogP contribution is -2.22. The summed E-state index contributed by atoms with van der Waals surface area (Å²) in [5.41, 5.74) is 2.93. The third-order valence-corrected chi connectivity index (χ3v) is 2.29. The van der Waals surface area contributed by atoms with Crippen molar-refractivity contribution in [1.29, 1.82) is 0 Å². The van der Waals surface area contributed by atoms with E-state index in [9.17, 15) is 9.59 Å². The second-order valence-electron chi connectivity index (χ2n) is 3.86. The molecule has 1 amide bonds. The van der Waals surface area contributed by atoms with Crippen molar-refractivity contribution in [3.8, 4) is 0 Å². The summed E-state index contributed by atoms with van der Waals surface area (Å²) in [6, 6.07) is 5.31. The first-order valence-corrected chi connectivity index (χ1v) is 5.02. The molecule has 1 aromatic rings. The molecule has 0 spiro atoms. The second kappa shape index (κ2) is 5.30. The van der Waals surface area contributed by atoms with E-state index < -0.39 is 12.0 Å². The van der Waals surface area contributed by atoms with Crippen LogP contribution in [0.3, 0.4) is 0 Å². The smallest absolute Gasteiger partial charge is 0.305 e. The third-order valence-electron chi connectivity index (χ3n) is 2.29. The highest BCUT2D eigenvalue weighted by atomic mass is 16.4. The number of carboxylic acid groups (broad SMARTS) is 1. The number of carboxylic acids is 1. The van der Waals surface area contributed by atoms with Crippen molar-refractivity contribution in [1.82, 2.24) is 5.32 Å². The van der Waals surface area contributed by atoms with Crippen LogP contribution in [0.1, 0.15) is 29.2 Å². The van der Waals surface area contributed by atoms with Crippen molar-refractivity contribution in [2.75, 3.05) is 0 Å². The topological polar surface area (TPSA) is 66.4 Å². The van der Waals surface area contributed by atoms with Gasteiger partial charge in [-0.15, -0.1) is 0 Å². The van der Waals surface area contributed by atoms with Gasteiger partial charge in [0.25, 0.3) is 0 Å². The van der Waals surface area contributed by atoms with Crippen LogP contribution >= 0.6 is 0 Å². The van der Waals surface area contributed by atoms with Crippen LogP contribution in [0.4, 0.5) is 0 Å². The zero-order chi connectivity index (χ0) is 12.1. The minimum Gasteiger partial charge on any atom is -0.481 e. The molecule has 4 nitrogen and oxygen atoms in total. The van der Waals surface area contributed by atoms with Crippen LogP contribution in [0.25, 0.3) is 0 Å². The molecular formula is C12H15NO3. The highest BCUT2D eigenvalue weighted by molar-refractivity contribution is 5.68. The molecule has 4 heteroatoms. The molecular weight excluding hydrogens is 206 g/mol. The standard InChI is InChI=1S/C12H15NO3/c1-8-3-9(2)5-10(4-8)11(13-7-14)6-12(15)16/h3-5,7,11H,6H2,1-2H3,(H,13,14)(H,15,16)/t11-/m0/s1. The van der Waals surface area contributed by atoms with Crippen LogP contribution in [0, 0.1) is 13.8 Å². The number of benzene rings is 1. The molecule has 0 saturated heterocycles. The number of aliphatic carboxylic acids is 1. The largest absolute Gasteiger partial charge is 0.481 e. The van der Waals surface area contributed by atoms with Gasteiger partial charge in [-0.1, -0.05) is 29.3 Å². The van der Waals surface area contributed by atoms with E-state index >= 15 is 0 Å². The summed E-state index contributed by atoms with van der Waals surface area (Å²) in [4.78, 5) is 21.1. The lowest BCUT2D eigenvalue weighted by molar-refractivity contribution is -0.137. The summed E-state index contributed by atoms with van der Waals surface area (Å²) in [5.74, 6) is -0.932. The zero-order valence-electron chi connectivity index (χ0n) is 9.36. The SMILES string of the molecule is Cc1cc(C)cc([C@H](CC(=O)O)NC=O)c1. The predicted octanol–water partition coefficient (Wildman–Crippen LogP) is 1.57. The molecule has 0 fully saturated rings. The monoisotopic (exact) mass is 221 g/mol. The summed E-state index contributed by atoms with van der Waals surface area (Å²) in [6.45, 7) is 3.88. The van der Waals surface area contributed by atoms with Crippen LogP contribution in [0.2, 0.25) is 0 Å². The van der Waals surface area contributed by atoms with E-state index in [4.69, 9.17) is 5.11 Å². The average molecular weight is 221 g/mol. The van der Waals surface area contributed by atoms with Gasteiger partial charge >= 0.3 is 5.97 Å². The Morgan fingerprint density at radius 3 is 2.38 bits per heavy atom. The zero-order valence-corrected chi connectivity index (χ0v) is 9.36. The van der Waals surface area contributed by atoms with Gasteiger partial charge in [0.2, 0.25) is 6.41 Å². The van der Waals surface area contributed by atoms with Gasteiger partial charge < -0.3 is 10.4 Å². The first-order chi connectivity index (χ1) is 7.52. The highest BCUT2D eigenvalue weighted by Crippen LogP contribution is 2.19. The summed E-state index contributed by atoms with van der Waals surface area (Å²) in [5, 5.41) is 11.3. The van der Waals surface area contributed by atoms with E-state index in [0.29, 0.717) is 6.41 Å². The number of hydrogen-bond acceptors (Lipinski definition) is 2. The number of nitrogens with one attached hydrogen (secondary N) is 1. The highest BCUT2D eigenvalue weighted by Gasteiger charge is 2.14. The molecule has 0 aliphatic carbocycles. The van der Waals surface area contributed by atoms with E-state index in [1.807, 2.05) is 32.0 Å². The Labute approximate surface area is 94.3 Å². The lowest BCUT2D eigenvalue weighted by Gasteiger charge is -2.15. The first-order valence-electron chi connectivity index (χ1n) is 5.02. The quantitative estimate of drug-likeness (QED) is 0.741. The molecule has 1 rings (SSSR count). The normalized spacial score (nSPS) is 11.9. The molecule has 0 unspecified atom stereocenters. The van der Waals surface area contributed by atoms with E-state index in [0.717, 1.165) is 16.7 Å². The second-order valence-corrected chi connectivity index (χ2v) is 3.86. The summed E-state index contributed by atoms with van der Waals surface area (Å²) >= 11 is 0. The van der Waals surface area contributed by atoms with Crippen molar-refractivity contribution >= 4 is 12.4 Å². The Kier molecular flexibility index (Phi) is 4.05. The Morgan fingerprint density at radius 1 is 1.38 bits per heavy atom. The number of aryl methyl sites for hydroxylation is 2. The molecule has 0 bridgehead atoms. The maximum absolute atomic E-state index is 10.7. The van der Waals surface area contributed by atoms with E-state index in [1.165, 1.54) is 0 Å². The fourth-order valence-corrected chi connectivity index (χ4v) is 1.74. The summed E-state index contributed by atoms with van der Waals surface area (Å²) < 4.78 is 0. The van der Waals surface area contributed by atoms with Gasteiger partial charge in [0.05, 0.1) is 12.5 Å². The number of hydrogen-bond donors (Lipinski definition) is 2. The summed E-state index contributed by atoms with van der Waals surface area (Å²) in [6.07, 6.45) is 0.424. The molecule has 16 heavy (non-hydrogen) atoms. The number of rotatable bonds is 5. The van der Waals surface area contributed by atoms with Crippen LogP contribution in [0.5, 0.6) is 0 Å². The van der Waals surface area contributed by atoms with E-state index in [-0.39, 0.29) is 6.42 Å². The van der Waals surface area contributed by atoms with Gasteiger partial charge in [0, 0.05) is 0 Å². The van der Waals surface area contributed by atoms with Crippen LogP contribution in [-0.4, -0.2) is 17.5 Å². The Morgan fingerprint density at radius 2 is 1.94 bits per heavy atom. The van der Waals surface area contributed by atoms with Crippen molar-refractivity contribution in [2.24, 2.45) is 0 Å². The number of amides is 1. The minimum absolute atomic E-state index is 0.109. The lowest BCUT2D eigenvalue weighted by atomic mass is 9.99. The molecule has 0 radical (unpaired) electrons. The van der Waals surface area contributed by atoms with E-state index in [2.05, 4.69) is 5.32 Å². The predicted molar refractivity (Wildman–Crippen MR) is 60.1 cm³/mol. The van der Waals surface area contributed by atoms with Gasteiger partial charge in [-0.2, -0.15) is 0 Å². The molecule has 1 aromatic carbocycles. The fraction of sp³-hybridized carbons (Fsp3) is 0.333.